The number of benzene rings is 2. The van der Waals surface area contributed by atoms with Crippen LogP contribution < -0.4 is 4.74 Å². The minimum atomic E-state index is -0.408. The topological polar surface area (TPSA) is 91.3 Å². The van der Waals surface area contributed by atoms with Crippen molar-refractivity contribution in [2.45, 2.75) is 30.9 Å². The van der Waals surface area contributed by atoms with Gasteiger partial charge in [-0.15, -0.1) is 10.2 Å². The third-order valence-electron chi connectivity index (χ3n) is 3.63. The number of rotatable bonds is 7. The van der Waals surface area contributed by atoms with Crippen molar-refractivity contribution in [3.8, 4) is 5.75 Å². The Morgan fingerprint density at radius 2 is 2.04 bits per heavy atom. The van der Waals surface area contributed by atoms with Crippen molar-refractivity contribution < 1.29 is 14.1 Å². The number of aryl methyl sites for hydroxylation is 1. The van der Waals surface area contributed by atoms with E-state index < -0.39 is 4.92 Å². The lowest BCUT2D eigenvalue weighted by Gasteiger charge is -2.08. The van der Waals surface area contributed by atoms with Gasteiger partial charge >= 0.3 is 0 Å². The van der Waals surface area contributed by atoms with E-state index in [1.54, 1.807) is 12.1 Å². The normalized spacial score (nSPS) is 11.9. The number of hydrogen-bond donors (Lipinski definition) is 0. The quantitative estimate of drug-likeness (QED) is 0.337. The van der Waals surface area contributed by atoms with Crippen LogP contribution in [0.2, 0.25) is 0 Å². The lowest BCUT2D eigenvalue weighted by Crippen LogP contribution is -1.95. The molecule has 0 saturated carbocycles. The highest BCUT2D eigenvalue weighted by Gasteiger charge is 2.16. The molecule has 0 aliphatic heterocycles. The maximum absolute atomic E-state index is 10.9. The van der Waals surface area contributed by atoms with E-state index in [1.807, 2.05) is 44.2 Å². The van der Waals surface area contributed by atoms with Gasteiger partial charge in [0.2, 0.25) is 0 Å². The fourth-order valence-corrected chi connectivity index (χ4v) is 3.12. The van der Waals surface area contributed by atoms with Gasteiger partial charge in [0.25, 0.3) is 16.8 Å². The first-order chi connectivity index (χ1) is 12.5. The molecule has 1 atom stereocenters. The average Bonchev–Trinajstić information content (AvgIpc) is 3.07. The Bertz CT molecular complexity index is 913. The van der Waals surface area contributed by atoms with Gasteiger partial charge in [-0.05, 0) is 37.1 Å². The SMILES string of the molecule is Cc1cccc(OCc2nnc(SC(C)c3cccc([N+](=O)[O-])c3)o2)c1. The highest BCUT2D eigenvalue weighted by Crippen LogP contribution is 2.35. The molecule has 1 unspecified atom stereocenters. The van der Waals surface area contributed by atoms with E-state index in [0.29, 0.717) is 11.1 Å². The summed E-state index contributed by atoms with van der Waals surface area (Å²) in [6, 6.07) is 14.2. The van der Waals surface area contributed by atoms with Gasteiger partial charge in [0.1, 0.15) is 5.75 Å². The van der Waals surface area contributed by atoms with Gasteiger partial charge in [0, 0.05) is 17.4 Å². The zero-order valence-corrected chi connectivity index (χ0v) is 15.1. The van der Waals surface area contributed by atoms with E-state index >= 15 is 0 Å². The Hall–Kier alpha value is -2.87. The van der Waals surface area contributed by atoms with Crippen molar-refractivity contribution in [1.82, 2.24) is 10.2 Å². The predicted octanol–water partition coefficient (Wildman–Crippen LogP) is 4.72. The Morgan fingerprint density at radius 1 is 1.23 bits per heavy atom. The van der Waals surface area contributed by atoms with E-state index in [2.05, 4.69) is 10.2 Å². The van der Waals surface area contributed by atoms with Crippen LogP contribution in [0.5, 0.6) is 5.75 Å². The first-order valence-electron chi connectivity index (χ1n) is 7.94. The minimum Gasteiger partial charge on any atom is -0.484 e. The monoisotopic (exact) mass is 371 g/mol. The zero-order chi connectivity index (χ0) is 18.5. The summed E-state index contributed by atoms with van der Waals surface area (Å²) in [4.78, 5) is 10.5. The molecular weight excluding hydrogens is 354 g/mol. The molecule has 0 saturated heterocycles. The number of ether oxygens (including phenoxy) is 1. The van der Waals surface area contributed by atoms with Crippen LogP contribution in [0.15, 0.2) is 58.2 Å². The zero-order valence-electron chi connectivity index (χ0n) is 14.3. The van der Waals surface area contributed by atoms with Crippen LogP contribution in [0.3, 0.4) is 0 Å². The highest BCUT2D eigenvalue weighted by atomic mass is 32.2. The number of nitro benzene ring substituents is 1. The third-order valence-corrected chi connectivity index (χ3v) is 4.62. The smallest absolute Gasteiger partial charge is 0.277 e. The van der Waals surface area contributed by atoms with Crippen molar-refractivity contribution in [2.75, 3.05) is 0 Å². The highest BCUT2D eigenvalue weighted by molar-refractivity contribution is 7.99. The minimum absolute atomic E-state index is 0.0627. The summed E-state index contributed by atoms with van der Waals surface area (Å²) < 4.78 is 11.2. The molecule has 0 amide bonds. The fraction of sp³-hybridized carbons (Fsp3) is 0.222. The first kappa shape index (κ1) is 17.9. The summed E-state index contributed by atoms with van der Waals surface area (Å²) in [5, 5.41) is 19.2. The van der Waals surface area contributed by atoms with Crippen LogP contribution in [0.1, 0.15) is 29.2 Å². The summed E-state index contributed by atoms with van der Waals surface area (Å²) in [6.45, 7) is 4.10. The van der Waals surface area contributed by atoms with Gasteiger partial charge < -0.3 is 9.15 Å². The van der Waals surface area contributed by atoms with Gasteiger partial charge in [-0.3, -0.25) is 10.1 Å². The molecule has 0 spiro atoms. The molecule has 1 heterocycles. The van der Waals surface area contributed by atoms with E-state index in [4.69, 9.17) is 9.15 Å². The third kappa shape index (κ3) is 4.60. The second kappa shape index (κ2) is 8.01. The molecule has 1 aromatic heterocycles. The van der Waals surface area contributed by atoms with Crippen LogP contribution in [0, 0.1) is 17.0 Å². The summed E-state index contributed by atoms with van der Waals surface area (Å²) >= 11 is 1.34. The maximum atomic E-state index is 10.9. The Labute approximate surface area is 154 Å². The van der Waals surface area contributed by atoms with E-state index in [1.165, 1.54) is 17.8 Å². The van der Waals surface area contributed by atoms with Crippen LogP contribution in [-0.2, 0) is 6.61 Å². The molecule has 7 nitrogen and oxygen atoms in total. The van der Waals surface area contributed by atoms with Crippen molar-refractivity contribution >= 4 is 17.4 Å². The lowest BCUT2D eigenvalue weighted by atomic mass is 10.1. The molecule has 2 aromatic carbocycles. The number of thioether (sulfide) groups is 1. The van der Waals surface area contributed by atoms with Crippen LogP contribution >= 0.6 is 11.8 Å². The van der Waals surface area contributed by atoms with Crippen LogP contribution in [0.25, 0.3) is 0 Å². The molecule has 0 aliphatic rings. The molecule has 26 heavy (non-hydrogen) atoms. The van der Waals surface area contributed by atoms with Crippen LogP contribution in [0.4, 0.5) is 5.69 Å². The summed E-state index contributed by atoms with van der Waals surface area (Å²) in [5.41, 5.74) is 1.99. The molecule has 8 heteroatoms. The Balaban J connectivity index is 1.61. The summed E-state index contributed by atoms with van der Waals surface area (Å²) in [7, 11) is 0. The fourth-order valence-electron chi connectivity index (χ4n) is 2.30. The van der Waals surface area contributed by atoms with Crippen molar-refractivity contribution in [1.29, 1.82) is 0 Å². The number of nitro groups is 1. The van der Waals surface area contributed by atoms with Gasteiger partial charge in [0.15, 0.2) is 6.61 Å². The van der Waals surface area contributed by atoms with E-state index in [0.717, 1.165) is 16.9 Å². The summed E-state index contributed by atoms with van der Waals surface area (Å²) in [6.07, 6.45) is 0. The van der Waals surface area contributed by atoms with Crippen molar-refractivity contribution in [3.05, 3.63) is 75.7 Å². The second-order valence-electron chi connectivity index (χ2n) is 5.68. The molecule has 0 aliphatic carbocycles. The predicted molar refractivity (Wildman–Crippen MR) is 97.2 cm³/mol. The van der Waals surface area contributed by atoms with Gasteiger partial charge in [-0.2, -0.15) is 0 Å². The number of hydrogen-bond acceptors (Lipinski definition) is 7. The van der Waals surface area contributed by atoms with Gasteiger partial charge in [-0.1, -0.05) is 36.0 Å². The Kier molecular flexibility index (Phi) is 5.52. The number of aromatic nitrogens is 2. The lowest BCUT2D eigenvalue weighted by molar-refractivity contribution is -0.384. The van der Waals surface area contributed by atoms with Crippen molar-refractivity contribution in [3.63, 3.8) is 0 Å². The molecule has 0 N–H and O–H groups in total. The standard InChI is InChI=1S/C18H17N3O4S/c1-12-5-3-8-16(9-12)24-11-17-19-20-18(25-17)26-13(2)14-6-4-7-15(10-14)21(22)23/h3-10,13H,11H2,1-2H3. The van der Waals surface area contributed by atoms with Crippen molar-refractivity contribution in [2.24, 2.45) is 0 Å². The van der Waals surface area contributed by atoms with E-state index in [9.17, 15) is 10.1 Å². The number of nitrogens with zero attached hydrogens (tertiary/aromatic N) is 3. The molecule has 134 valence electrons. The molecule has 0 bridgehead atoms. The molecular formula is C18H17N3O4S. The summed E-state index contributed by atoms with van der Waals surface area (Å²) in [5.74, 6) is 1.11. The Morgan fingerprint density at radius 3 is 2.81 bits per heavy atom. The molecule has 0 fully saturated rings. The molecule has 0 radical (unpaired) electrons. The average molecular weight is 371 g/mol. The largest absolute Gasteiger partial charge is 0.484 e. The number of non-ortho nitro benzene ring substituents is 1. The van der Waals surface area contributed by atoms with Gasteiger partial charge in [0.05, 0.1) is 4.92 Å². The molecule has 3 aromatic rings. The second-order valence-corrected chi connectivity index (χ2v) is 6.97. The van der Waals surface area contributed by atoms with E-state index in [-0.39, 0.29) is 17.5 Å². The molecule has 3 rings (SSSR count). The van der Waals surface area contributed by atoms with Gasteiger partial charge in [-0.25, -0.2) is 0 Å². The first-order valence-corrected chi connectivity index (χ1v) is 8.82. The maximum Gasteiger partial charge on any atom is 0.277 e. The van der Waals surface area contributed by atoms with Crippen LogP contribution in [-0.4, -0.2) is 15.1 Å².